The number of amides is 1. The summed E-state index contributed by atoms with van der Waals surface area (Å²) in [5.74, 6) is -0.131. The van der Waals surface area contributed by atoms with Gasteiger partial charge in [0.1, 0.15) is 0 Å². The van der Waals surface area contributed by atoms with Crippen LogP contribution in [0.2, 0.25) is 0 Å². The number of anilines is 1. The molecular formula is C13H17N3O. The average Bonchev–Trinajstić information content (AvgIpc) is 2.39. The Hall–Kier alpha value is -1.86. The van der Waals surface area contributed by atoms with Crippen LogP contribution < -0.4 is 10.6 Å². The molecule has 0 radical (unpaired) electrons. The number of nitrogens with zero attached hydrogens (tertiary/aromatic N) is 2. The number of benzene rings is 1. The fourth-order valence-corrected chi connectivity index (χ4v) is 1.51. The molecule has 4 nitrogen and oxygen atoms in total. The quantitative estimate of drug-likeness (QED) is 0.838. The Morgan fingerprint density at radius 2 is 2.12 bits per heavy atom. The van der Waals surface area contributed by atoms with E-state index in [1.54, 1.807) is 4.90 Å². The van der Waals surface area contributed by atoms with Crippen molar-refractivity contribution < 1.29 is 4.79 Å². The predicted molar refractivity (Wildman–Crippen MR) is 67.3 cm³/mol. The van der Waals surface area contributed by atoms with Gasteiger partial charge in [0.05, 0.1) is 18.5 Å². The summed E-state index contributed by atoms with van der Waals surface area (Å²) in [6.07, 6.45) is 0.895. The summed E-state index contributed by atoms with van der Waals surface area (Å²) in [5, 5.41) is 8.62. The van der Waals surface area contributed by atoms with Crippen molar-refractivity contribution in [2.75, 3.05) is 11.4 Å². The van der Waals surface area contributed by atoms with Gasteiger partial charge >= 0.3 is 0 Å². The number of para-hydroxylation sites is 1. The molecule has 1 amide bonds. The van der Waals surface area contributed by atoms with Gasteiger partial charge in [0.15, 0.2) is 0 Å². The van der Waals surface area contributed by atoms with E-state index in [-0.39, 0.29) is 5.91 Å². The molecule has 1 aromatic rings. The lowest BCUT2D eigenvalue weighted by Crippen LogP contribution is -2.44. The molecule has 0 aliphatic carbocycles. The highest BCUT2D eigenvalue weighted by atomic mass is 16.2. The van der Waals surface area contributed by atoms with Crippen molar-refractivity contribution in [3.8, 4) is 6.07 Å². The first-order valence-electron chi connectivity index (χ1n) is 5.69. The summed E-state index contributed by atoms with van der Waals surface area (Å²) in [4.78, 5) is 13.7. The molecule has 17 heavy (non-hydrogen) atoms. The molecule has 1 atom stereocenters. The van der Waals surface area contributed by atoms with Crippen LogP contribution in [0.3, 0.4) is 0 Å². The molecule has 0 aliphatic rings. The van der Waals surface area contributed by atoms with Crippen LogP contribution in [0.25, 0.3) is 0 Å². The zero-order chi connectivity index (χ0) is 12.7. The van der Waals surface area contributed by atoms with Gasteiger partial charge in [0.25, 0.3) is 0 Å². The number of rotatable bonds is 5. The fraction of sp³-hybridized carbons (Fsp3) is 0.385. The smallest absolute Gasteiger partial charge is 0.243 e. The lowest BCUT2D eigenvalue weighted by molar-refractivity contribution is -0.119. The highest BCUT2D eigenvalue weighted by molar-refractivity contribution is 5.96. The van der Waals surface area contributed by atoms with Gasteiger partial charge in [-0.25, -0.2) is 0 Å². The molecule has 0 spiro atoms. The van der Waals surface area contributed by atoms with Crippen molar-refractivity contribution in [3.05, 3.63) is 30.3 Å². The Balaban J connectivity index is 2.89. The molecule has 0 heterocycles. The third kappa shape index (κ3) is 3.58. The monoisotopic (exact) mass is 231 g/mol. The van der Waals surface area contributed by atoms with E-state index in [2.05, 4.69) is 0 Å². The largest absolute Gasteiger partial charge is 0.320 e. The summed E-state index contributed by atoms with van der Waals surface area (Å²) < 4.78 is 0. The Labute approximate surface area is 102 Å². The molecule has 1 aromatic carbocycles. The van der Waals surface area contributed by atoms with E-state index in [0.717, 1.165) is 5.69 Å². The summed E-state index contributed by atoms with van der Waals surface area (Å²) in [7, 11) is 0. The topological polar surface area (TPSA) is 70.1 Å². The minimum atomic E-state index is -0.506. The van der Waals surface area contributed by atoms with E-state index in [0.29, 0.717) is 19.4 Å². The van der Waals surface area contributed by atoms with Crippen molar-refractivity contribution in [2.45, 2.75) is 25.8 Å². The first-order valence-corrected chi connectivity index (χ1v) is 5.69. The highest BCUT2D eigenvalue weighted by Gasteiger charge is 2.20. The Bertz CT molecular complexity index is 397. The number of carbonyl (C=O) groups is 1. The van der Waals surface area contributed by atoms with Crippen LogP contribution in [-0.2, 0) is 4.79 Å². The Kier molecular flexibility index (Phi) is 5.18. The van der Waals surface area contributed by atoms with Gasteiger partial charge in [-0.2, -0.15) is 5.26 Å². The average molecular weight is 231 g/mol. The van der Waals surface area contributed by atoms with Crippen LogP contribution in [0.1, 0.15) is 19.8 Å². The second-order valence-corrected chi connectivity index (χ2v) is 3.75. The molecule has 90 valence electrons. The summed E-state index contributed by atoms with van der Waals surface area (Å²) in [5.41, 5.74) is 6.54. The first-order chi connectivity index (χ1) is 8.20. The second-order valence-electron chi connectivity index (χ2n) is 3.75. The molecule has 0 fully saturated rings. The van der Waals surface area contributed by atoms with Crippen molar-refractivity contribution in [3.63, 3.8) is 0 Å². The Morgan fingerprint density at radius 3 is 2.65 bits per heavy atom. The van der Waals surface area contributed by atoms with Crippen molar-refractivity contribution in [1.29, 1.82) is 5.26 Å². The minimum Gasteiger partial charge on any atom is -0.320 e. The molecule has 4 heteroatoms. The molecule has 0 unspecified atom stereocenters. The molecule has 0 aromatic heterocycles. The summed E-state index contributed by atoms with van der Waals surface area (Å²) >= 11 is 0. The maximum atomic E-state index is 12.1. The van der Waals surface area contributed by atoms with E-state index in [4.69, 9.17) is 11.0 Å². The van der Waals surface area contributed by atoms with Crippen LogP contribution in [0.15, 0.2) is 30.3 Å². The number of hydrogen-bond donors (Lipinski definition) is 1. The molecule has 0 saturated carbocycles. The molecule has 0 aliphatic heterocycles. The number of carbonyl (C=O) groups excluding carboxylic acids is 1. The van der Waals surface area contributed by atoms with Crippen LogP contribution in [-0.4, -0.2) is 18.5 Å². The van der Waals surface area contributed by atoms with E-state index < -0.39 is 6.04 Å². The van der Waals surface area contributed by atoms with Gasteiger partial charge < -0.3 is 10.6 Å². The van der Waals surface area contributed by atoms with E-state index in [1.165, 1.54) is 0 Å². The van der Waals surface area contributed by atoms with Crippen molar-refractivity contribution in [2.24, 2.45) is 5.73 Å². The normalized spacial score (nSPS) is 11.6. The van der Waals surface area contributed by atoms with Gasteiger partial charge in [-0.15, -0.1) is 0 Å². The van der Waals surface area contributed by atoms with Gasteiger partial charge in [-0.3, -0.25) is 4.79 Å². The van der Waals surface area contributed by atoms with Crippen molar-refractivity contribution >= 4 is 11.6 Å². The van der Waals surface area contributed by atoms with Gasteiger partial charge in [0, 0.05) is 12.2 Å². The third-order valence-electron chi connectivity index (χ3n) is 2.54. The third-order valence-corrected chi connectivity index (χ3v) is 2.54. The lowest BCUT2D eigenvalue weighted by atomic mass is 10.2. The van der Waals surface area contributed by atoms with Crippen molar-refractivity contribution in [1.82, 2.24) is 0 Å². The van der Waals surface area contributed by atoms with Gasteiger partial charge in [-0.1, -0.05) is 25.1 Å². The summed E-state index contributed by atoms with van der Waals surface area (Å²) in [6, 6.07) is 10.8. The highest BCUT2D eigenvalue weighted by Crippen LogP contribution is 2.15. The van der Waals surface area contributed by atoms with Gasteiger partial charge in [0.2, 0.25) is 5.91 Å². The Morgan fingerprint density at radius 1 is 1.47 bits per heavy atom. The lowest BCUT2D eigenvalue weighted by Gasteiger charge is -2.24. The number of nitrogens with two attached hydrogens (primary N) is 1. The minimum absolute atomic E-state index is 0.131. The maximum absolute atomic E-state index is 12.1. The molecule has 1 rings (SSSR count). The zero-order valence-corrected chi connectivity index (χ0v) is 9.97. The van der Waals surface area contributed by atoms with Crippen LogP contribution in [0.5, 0.6) is 0 Å². The molecule has 0 saturated heterocycles. The number of hydrogen-bond acceptors (Lipinski definition) is 3. The fourth-order valence-electron chi connectivity index (χ4n) is 1.51. The molecular weight excluding hydrogens is 214 g/mol. The van der Waals surface area contributed by atoms with Crippen LogP contribution in [0.4, 0.5) is 5.69 Å². The maximum Gasteiger partial charge on any atom is 0.243 e. The molecule has 2 N–H and O–H groups in total. The second kappa shape index (κ2) is 6.66. The SMILES string of the molecule is CC[C@H](N)C(=O)N(CCC#N)c1ccccc1. The van der Waals surface area contributed by atoms with Crippen LogP contribution in [0, 0.1) is 11.3 Å². The summed E-state index contributed by atoms with van der Waals surface area (Å²) in [6.45, 7) is 2.25. The van der Waals surface area contributed by atoms with E-state index in [9.17, 15) is 4.79 Å². The van der Waals surface area contributed by atoms with Crippen LogP contribution >= 0.6 is 0 Å². The standard InChI is InChI=1S/C13H17N3O/c1-2-12(15)13(17)16(10-6-9-14)11-7-4-3-5-8-11/h3-5,7-8,12H,2,6,10,15H2,1H3/t12-/m0/s1. The van der Waals surface area contributed by atoms with E-state index in [1.807, 2.05) is 43.3 Å². The molecule has 0 bridgehead atoms. The first kappa shape index (κ1) is 13.2. The number of nitriles is 1. The predicted octanol–water partition coefficient (Wildman–Crippen LogP) is 1.67. The van der Waals surface area contributed by atoms with Gasteiger partial charge in [-0.05, 0) is 18.6 Å². The van der Waals surface area contributed by atoms with E-state index >= 15 is 0 Å². The zero-order valence-electron chi connectivity index (χ0n) is 9.97.